The summed E-state index contributed by atoms with van der Waals surface area (Å²) in [6.07, 6.45) is 0.181. The Labute approximate surface area is 202 Å². The van der Waals surface area contributed by atoms with Gasteiger partial charge in [-0.15, -0.1) is 11.3 Å². The van der Waals surface area contributed by atoms with Crippen LogP contribution in [0.2, 0.25) is 0 Å². The number of aromatic nitrogens is 1. The van der Waals surface area contributed by atoms with E-state index in [4.69, 9.17) is 4.74 Å². The van der Waals surface area contributed by atoms with E-state index in [-0.39, 0.29) is 23.9 Å². The number of nitrogens with zero attached hydrogens (tertiary/aromatic N) is 1. The molecule has 0 aliphatic heterocycles. The van der Waals surface area contributed by atoms with Gasteiger partial charge in [0.05, 0.1) is 25.0 Å². The molecule has 4 aromatic rings. The minimum absolute atomic E-state index is 0.0232. The lowest BCUT2D eigenvalue weighted by Crippen LogP contribution is -2.14. The number of hydrogen-bond donors (Lipinski definition) is 1. The number of Topliss-reactive ketones (excluding diaryl/α,β-unsaturated/α-hetero) is 1. The van der Waals surface area contributed by atoms with Crippen molar-refractivity contribution < 1.29 is 14.3 Å². The zero-order valence-corrected chi connectivity index (χ0v) is 20.4. The summed E-state index contributed by atoms with van der Waals surface area (Å²) in [5.41, 5.74) is 2.07. The second-order valence-electron chi connectivity index (χ2n) is 6.95. The third kappa shape index (κ3) is 5.56. The summed E-state index contributed by atoms with van der Waals surface area (Å²) in [4.78, 5) is 29.3. The summed E-state index contributed by atoms with van der Waals surface area (Å²) in [7, 11) is 1.59. The predicted molar refractivity (Wildman–Crippen MR) is 134 cm³/mol. The summed E-state index contributed by atoms with van der Waals surface area (Å²) in [6, 6.07) is 18.8. The van der Waals surface area contributed by atoms with Crippen molar-refractivity contribution in [2.24, 2.45) is 0 Å². The van der Waals surface area contributed by atoms with Crippen LogP contribution in [0.1, 0.15) is 16.1 Å². The first-order valence-electron chi connectivity index (χ1n) is 9.74. The van der Waals surface area contributed by atoms with Crippen LogP contribution in [0.25, 0.3) is 10.8 Å². The van der Waals surface area contributed by atoms with E-state index in [0.717, 1.165) is 25.3 Å². The van der Waals surface area contributed by atoms with Gasteiger partial charge in [0, 0.05) is 21.1 Å². The summed E-state index contributed by atoms with van der Waals surface area (Å²) in [5, 5.41) is 6.93. The van der Waals surface area contributed by atoms with Gasteiger partial charge in [0.25, 0.3) is 0 Å². The molecule has 4 rings (SSSR count). The topological polar surface area (TPSA) is 68.3 Å². The van der Waals surface area contributed by atoms with Gasteiger partial charge in [-0.25, -0.2) is 4.98 Å². The van der Waals surface area contributed by atoms with Crippen LogP contribution < -0.4 is 10.1 Å². The van der Waals surface area contributed by atoms with Crippen LogP contribution in [0.4, 0.5) is 5.69 Å². The van der Waals surface area contributed by atoms with Gasteiger partial charge >= 0.3 is 0 Å². The first-order chi connectivity index (χ1) is 15.5. The molecule has 0 spiro atoms. The first-order valence-corrected chi connectivity index (χ1v) is 12.4. The second kappa shape index (κ2) is 10.3. The summed E-state index contributed by atoms with van der Waals surface area (Å²) >= 11 is 6.35. The Bertz CT molecular complexity index is 1270. The number of halogens is 1. The van der Waals surface area contributed by atoms with Crippen LogP contribution in [0, 0.1) is 0 Å². The number of nitrogens with one attached hydrogen (secondary N) is 1. The standard InChI is InChI=1S/C24H19BrN2O3S2/c1-30-19-8-5-15(6-9-19)22(28)14-32-24-27-18(13-31-24)12-23(29)26-17-7-10-20-16(11-17)3-2-4-21(20)25/h2-11,13H,12,14H2,1H3,(H,26,29). The molecule has 1 aromatic heterocycles. The van der Waals surface area contributed by atoms with Crippen LogP contribution in [0.5, 0.6) is 5.75 Å². The van der Waals surface area contributed by atoms with E-state index in [1.165, 1.54) is 23.1 Å². The fraction of sp³-hybridized carbons (Fsp3) is 0.125. The maximum absolute atomic E-state index is 12.5. The number of anilines is 1. The highest BCUT2D eigenvalue weighted by atomic mass is 79.9. The Morgan fingerprint density at radius 3 is 2.72 bits per heavy atom. The van der Waals surface area contributed by atoms with E-state index in [9.17, 15) is 9.59 Å². The van der Waals surface area contributed by atoms with Gasteiger partial charge < -0.3 is 10.1 Å². The van der Waals surface area contributed by atoms with E-state index in [1.807, 2.05) is 41.8 Å². The normalized spacial score (nSPS) is 10.8. The van der Waals surface area contributed by atoms with Crippen LogP contribution in [0.15, 0.2) is 74.9 Å². The number of carbonyl (C=O) groups excluding carboxylic acids is 2. The van der Waals surface area contributed by atoms with Crippen LogP contribution >= 0.6 is 39.0 Å². The molecule has 0 aliphatic carbocycles. The van der Waals surface area contributed by atoms with Crippen molar-refractivity contribution in [2.45, 2.75) is 10.8 Å². The molecule has 0 saturated carbocycles. The first kappa shape index (κ1) is 22.5. The zero-order valence-electron chi connectivity index (χ0n) is 17.1. The molecule has 0 aliphatic rings. The molecule has 3 aromatic carbocycles. The van der Waals surface area contributed by atoms with Crippen molar-refractivity contribution in [3.63, 3.8) is 0 Å². The second-order valence-corrected chi connectivity index (χ2v) is 9.88. The minimum Gasteiger partial charge on any atom is -0.497 e. The zero-order chi connectivity index (χ0) is 22.5. The number of thiazole rings is 1. The lowest BCUT2D eigenvalue weighted by molar-refractivity contribution is -0.115. The van der Waals surface area contributed by atoms with Gasteiger partial charge in [-0.3, -0.25) is 9.59 Å². The smallest absolute Gasteiger partial charge is 0.230 e. The number of rotatable bonds is 8. The SMILES string of the molecule is COc1ccc(C(=O)CSc2nc(CC(=O)Nc3ccc4c(Br)cccc4c3)cs2)cc1. The fourth-order valence-corrected chi connectivity index (χ4v) is 5.37. The molecule has 1 amide bonds. The molecule has 0 atom stereocenters. The Balaban J connectivity index is 1.31. The van der Waals surface area contributed by atoms with Gasteiger partial charge in [0.2, 0.25) is 5.91 Å². The number of fused-ring (bicyclic) bond motifs is 1. The van der Waals surface area contributed by atoms with Crippen LogP contribution in [-0.4, -0.2) is 29.5 Å². The van der Waals surface area contributed by atoms with Gasteiger partial charge in [-0.2, -0.15) is 0 Å². The lowest BCUT2D eigenvalue weighted by Gasteiger charge is -2.07. The number of ether oxygens (including phenoxy) is 1. The number of thioether (sulfide) groups is 1. The summed E-state index contributed by atoms with van der Waals surface area (Å²) in [5.74, 6) is 0.900. The minimum atomic E-state index is -0.129. The predicted octanol–water partition coefficient (Wildman–Crippen LogP) is 6.22. The molecule has 5 nitrogen and oxygen atoms in total. The Morgan fingerprint density at radius 1 is 1.12 bits per heavy atom. The molecular weight excluding hydrogens is 508 g/mol. The molecule has 0 radical (unpaired) electrons. The highest BCUT2D eigenvalue weighted by molar-refractivity contribution is 9.10. The van der Waals surface area contributed by atoms with Crippen molar-refractivity contribution in [3.05, 3.63) is 81.8 Å². The van der Waals surface area contributed by atoms with E-state index < -0.39 is 0 Å². The van der Waals surface area contributed by atoms with Gasteiger partial charge in [-0.1, -0.05) is 45.9 Å². The highest BCUT2D eigenvalue weighted by Crippen LogP contribution is 2.27. The average molecular weight is 527 g/mol. The Kier molecular flexibility index (Phi) is 7.24. The Hall–Kier alpha value is -2.68. The average Bonchev–Trinajstić information content (AvgIpc) is 3.24. The lowest BCUT2D eigenvalue weighted by atomic mass is 10.1. The molecule has 162 valence electrons. The van der Waals surface area contributed by atoms with E-state index >= 15 is 0 Å². The molecule has 1 heterocycles. The van der Waals surface area contributed by atoms with E-state index in [1.54, 1.807) is 31.4 Å². The van der Waals surface area contributed by atoms with Gasteiger partial charge in [0.15, 0.2) is 10.1 Å². The van der Waals surface area contributed by atoms with Gasteiger partial charge in [-0.05, 0) is 53.2 Å². The van der Waals surface area contributed by atoms with E-state index in [0.29, 0.717) is 17.0 Å². The molecule has 0 bridgehead atoms. The monoisotopic (exact) mass is 526 g/mol. The highest BCUT2D eigenvalue weighted by Gasteiger charge is 2.12. The summed E-state index contributed by atoms with van der Waals surface area (Å²) < 4.78 is 6.90. The number of carbonyl (C=O) groups is 2. The van der Waals surface area contributed by atoms with Gasteiger partial charge in [0.1, 0.15) is 5.75 Å². The number of benzene rings is 3. The maximum Gasteiger partial charge on any atom is 0.230 e. The third-order valence-corrected chi connectivity index (χ3v) is 7.48. The van der Waals surface area contributed by atoms with Crippen molar-refractivity contribution in [1.82, 2.24) is 4.98 Å². The van der Waals surface area contributed by atoms with E-state index in [2.05, 4.69) is 26.2 Å². The number of ketones is 1. The van der Waals surface area contributed by atoms with Crippen molar-refractivity contribution in [2.75, 3.05) is 18.2 Å². The molecule has 8 heteroatoms. The molecule has 1 N–H and O–H groups in total. The van der Waals surface area contributed by atoms with Crippen LogP contribution in [0.3, 0.4) is 0 Å². The fourth-order valence-electron chi connectivity index (χ4n) is 3.12. The molecule has 0 unspecified atom stereocenters. The molecular formula is C24H19BrN2O3S2. The number of methoxy groups -OCH3 is 1. The molecule has 32 heavy (non-hydrogen) atoms. The van der Waals surface area contributed by atoms with Crippen molar-refractivity contribution in [1.29, 1.82) is 0 Å². The quantitative estimate of drug-likeness (QED) is 0.218. The number of hydrogen-bond acceptors (Lipinski definition) is 6. The van der Waals surface area contributed by atoms with Crippen LogP contribution in [-0.2, 0) is 11.2 Å². The summed E-state index contributed by atoms with van der Waals surface area (Å²) in [6.45, 7) is 0. The van der Waals surface area contributed by atoms with Crippen molar-refractivity contribution >= 4 is 67.2 Å². The van der Waals surface area contributed by atoms with Crippen molar-refractivity contribution in [3.8, 4) is 5.75 Å². The Morgan fingerprint density at radius 2 is 1.94 bits per heavy atom. The maximum atomic E-state index is 12.5. The number of amides is 1. The largest absolute Gasteiger partial charge is 0.497 e. The molecule has 0 fully saturated rings. The molecule has 0 saturated heterocycles. The third-order valence-electron chi connectivity index (χ3n) is 4.72.